The highest BCUT2D eigenvalue weighted by Gasteiger charge is 2.29. The highest BCUT2D eigenvalue weighted by atomic mass is 19.1. The quantitative estimate of drug-likeness (QED) is 0.754. The molecule has 1 fully saturated rings. The van der Waals surface area contributed by atoms with Crippen LogP contribution in [0, 0.1) is 17.6 Å². The Labute approximate surface area is 97.2 Å². The molecular weight excluding hydrogens is 228 g/mol. The summed E-state index contributed by atoms with van der Waals surface area (Å²) in [6, 6.07) is 2.13. The highest BCUT2D eigenvalue weighted by molar-refractivity contribution is 5.78. The van der Waals surface area contributed by atoms with Crippen molar-refractivity contribution in [3.63, 3.8) is 0 Å². The smallest absolute Gasteiger partial charge is 0.222 e. The van der Waals surface area contributed by atoms with Gasteiger partial charge in [0.1, 0.15) is 5.69 Å². The number of benzene rings is 1. The number of hydrogen-bond acceptors (Lipinski definition) is 3. The van der Waals surface area contributed by atoms with Gasteiger partial charge in [-0.2, -0.15) is 0 Å². The molecule has 0 bridgehead atoms. The van der Waals surface area contributed by atoms with Gasteiger partial charge in [0, 0.05) is 18.8 Å². The Morgan fingerprint density at radius 3 is 2.41 bits per heavy atom. The van der Waals surface area contributed by atoms with Gasteiger partial charge in [0.2, 0.25) is 5.91 Å². The number of nitrogens with zero attached hydrogens (tertiary/aromatic N) is 1. The summed E-state index contributed by atoms with van der Waals surface area (Å²) < 4.78 is 27.2. The number of carbonyl (C=O) groups is 1. The van der Waals surface area contributed by atoms with Crippen molar-refractivity contribution in [2.75, 3.05) is 23.7 Å². The summed E-state index contributed by atoms with van der Waals surface area (Å²) in [5.74, 6) is -2.23. The lowest BCUT2D eigenvalue weighted by Crippen LogP contribution is -2.28. The van der Waals surface area contributed by atoms with Gasteiger partial charge in [0.25, 0.3) is 0 Å². The van der Waals surface area contributed by atoms with Crippen LogP contribution in [0.2, 0.25) is 0 Å². The normalized spacial score (nSPS) is 19.6. The fraction of sp³-hybridized carbons (Fsp3) is 0.364. The molecule has 92 valence electrons. The van der Waals surface area contributed by atoms with Gasteiger partial charge in [0.15, 0.2) is 11.6 Å². The first-order valence-corrected chi connectivity index (χ1v) is 5.28. The molecule has 1 aromatic rings. The van der Waals surface area contributed by atoms with Crippen LogP contribution in [0.5, 0.6) is 0 Å². The van der Waals surface area contributed by atoms with Gasteiger partial charge >= 0.3 is 0 Å². The monoisotopic (exact) mass is 241 g/mol. The summed E-state index contributed by atoms with van der Waals surface area (Å²) in [6.07, 6.45) is 0.512. The van der Waals surface area contributed by atoms with Crippen molar-refractivity contribution in [1.29, 1.82) is 0 Å². The van der Waals surface area contributed by atoms with E-state index in [1.807, 2.05) is 0 Å². The molecule has 17 heavy (non-hydrogen) atoms. The van der Waals surface area contributed by atoms with Crippen molar-refractivity contribution in [1.82, 2.24) is 0 Å². The van der Waals surface area contributed by atoms with Gasteiger partial charge in [-0.25, -0.2) is 8.78 Å². The van der Waals surface area contributed by atoms with Crippen LogP contribution < -0.4 is 16.4 Å². The van der Waals surface area contributed by atoms with Crippen LogP contribution in [0.25, 0.3) is 0 Å². The molecule has 1 amide bonds. The van der Waals surface area contributed by atoms with Crippen LogP contribution >= 0.6 is 0 Å². The lowest BCUT2D eigenvalue weighted by atomic mass is 10.1. The predicted molar refractivity (Wildman–Crippen MR) is 60.3 cm³/mol. The van der Waals surface area contributed by atoms with Gasteiger partial charge in [-0.15, -0.1) is 0 Å². The first-order chi connectivity index (χ1) is 7.99. The predicted octanol–water partition coefficient (Wildman–Crippen LogP) is 0.859. The number of nitrogens with two attached hydrogens (primary N) is 2. The Morgan fingerprint density at radius 2 is 1.94 bits per heavy atom. The second kappa shape index (κ2) is 4.20. The van der Waals surface area contributed by atoms with Crippen molar-refractivity contribution < 1.29 is 13.6 Å². The largest absolute Gasteiger partial charge is 0.399 e. The van der Waals surface area contributed by atoms with E-state index in [0.717, 1.165) is 12.1 Å². The molecular formula is C11H13F2N3O. The van der Waals surface area contributed by atoms with E-state index < -0.39 is 17.5 Å². The molecule has 1 heterocycles. The fourth-order valence-electron chi connectivity index (χ4n) is 2.08. The van der Waals surface area contributed by atoms with Gasteiger partial charge in [-0.3, -0.25) is 4.79 Å². The number of carbonyl (C=O) groups excluding carboxylic acids is 1. The number of anilines is 2. The van der Waals surface area contributed by atoms with Crippen LogP contribution in [0.1, 0.15) is 6.42 Å². The Hall–Kier alpha value is -1.85. The maximum atomic E-state index is 13.6. The third-order valence-corrected chi connectivity index (χ3v) is 2.95. The molecule has 1 saturated heterocycles. The third-order valence-electron chi connectivity index (χ3n) is 2.95. The summed E-state index contributed by atoms with van der Waals surface area (Å²) in [6.45, 7) is 0.651. The van der Waals surface area contributed by atoms with Crippen LogP contribution in [0.4, 0.5) is 20.2 Å². The van der Waals surface area contributed by atoms with Crippen LogP contribution in [0.3, 0.4) is 0 Å². The minimum absolute atomic E-state index is 0.0365. The summed E-state index contributed by atoms with van der Waals surface area (Å²) in [4.78, 5) is 12.5. The number of primary amides is 1. The molecule has 4 nitrogen and oxygen atoms in total. The van der Waals surface area contributed by atoms with Crippen molar-refractivity contribution in [3.05, 3.63) is 23.8 Å². The van der Waals surface area contributed by atoms with Gasteiger partial charge < -0.3 is 16.4 Å². The number of nitrogen functional groups attached to an aromatic ring is 1. The van der Waals surface area contributed by atoms with Crippen molar-refractivity contribution >= 4 is 17.3 Å². The van der Waals surface area contributed by atoms with Gasteiger partial charge in [0.05, 0.1) is 5.92 Å². The lowest BCUT2D eigenvalue weighted by molar-refractivity contribution is -0.121. The number of hydrogen-bond donors (Lipinski definition) is 2. The lowest BCUT2D eigenvalue weighted by Gasteiger charge is -2.19. The van der Waals surface area contributed by atoms with E-state index in [-0.39, 0.29) is 23.8 Å². The molecule has 0 aliphatic carbocycles. The molecule has 1 unspecified atom stereocenters. The van der Waals surface area contributed by atoms with Crippen molar-refractivity contribution in [2.24, 2.45) is 11.7 Å². The molecule has 1 aromatic carbocycles. The van der Waals surface area contributed by atoms with E-state index >= 15 is 0 Å². The number of halogens is 2. The van der Waals surface area contributed by atoms with Crippen molar-refractivity contribution in [2.45, 2.75) is 6.42 Å². The zero-order valence-electron chi connectivity index (χ0n) is 9.12. The summed E-state index contributed by atoms with van der Waals surface area (Å²) >= 11 is 0. The SMILES string of the molecule is NC(=O)C1CCN(c2c(F)cc(N)cc2F)C1. The van der Waals surface area contributed by atoms with E-state index in [9.17, 15) is 13.6 Å². The Bertz CT molecular complexity index is 441. The van der Waals surface area contributed by atoms with E-state index in [1.54, 1.807) is 0 Å². The van der Waals surface area contributed by atoms with Crippen LogP contribution in [-0.4, -0.2) is 19.0 Å². The third kappa shape index (κ3) is 2.15. The average Bonchev–Trinajstić information content (AvgIpc) is 2.65. The standard InChI is InChI=1S/C11H13F2N3O/c12-8-3-7(14)4-9(13)10(8)16-2-1-6(5-16)11(15)17/h3-4,6H,1-2,5,14H2,(H2,15,17). The minimum atomic E-state index is -0.715. The Morgan fingerprint density at radius 1 is 1.35 bits per heavy atom. The molecule has 0 aromatic heterocycles. The van der Waals surface area contributed by atoms with Crippen molar-refractivity contribution in [3.8, 4) is 0 Å². The van der Waals surface area contributed by atoms with Gasteiger partial charge in [-0.1, -0.05) is 0 Å². The molecule has 1 aliphatic heterocycles. The van der Waals surface area contributed by atoms with Gasteiger partial charge in [-0.05, 0) is 18.6 Å². The highest BCUT2D eigenvalue weighted by Crippen LogP contribution is 2.30. The van der Waals surface area contributed by atoms with E-state index in [4.69, 9.17) is 11.5 Å². The summed E-state index contributed by atoms with van der Waals surface area (Å²) in [7, 11) is 0. The maximum Gasteiger partial charge on any atom is 0.222 e. The topological polar surface area (TPSA) is 72.4 Å². The summed E-state index contributed by atoms with van der Waals surface area (Å²) in [5, 5.41) is 0. The minimum Gasteiger partial charge on any atom is -0.399 e. The van der Waals surface area contributed by atoms with E-state index in [0.29, 0.717) is 13.0 Å². The molecule has 6 heteroatoms. The zero-order valence-corrected chi connectivity index (χ0v) is 9.12. The first-order valence-electron chi connectivity index (χ1n) is 5.28. The maximum absolute atomic E-state index is 13.6. The molecule has 0 saturated carbocycles. The fourth-order valence-corrected chi connectivity index (χ4v) is 2.08. The average molecular weight is 241 g/mol. The Kier molecular flexibility index (Phi) is 2.87. The van der Waals surface area contributed by atoms with E-state index in [1.165, 1.54) is 4.90 Å². The Balaban J connectivity index is 2.27. The molecule has 4 N–H and O–H groups in total. The molecule has 1 aliphatic rings. The molecule has 2 rings (SSSR count). The second-order valence-electron chi connectivity index (χ2n) is 4.17. The molecule has 0 radical (unpaired) electrons. The van der Waals surface area contributed by atoms with Crippen LogP contribution in [-0.2, 0) is 4.79 Å². The second-order valence-corrected chi connectivity index (χ2v) is 4.17. The number of amides is 1. The summed E-state index contributed by atoms with van der Waals surface area (Å²) in [5.41, 5.74) is 10.4. The first kappa shape index (κ1) is 11.6. The van der Waals surface area contributed by atoms with E-state index in [2.05, 4.69) is 0 Å². The zero-order chi connectivity index (χ0) is 12.6. The van der Waals surface area contributed by atoms with Crippen LogP contribution in [0.15, 0.2) is 12.1 Å². The molecule has 0 spiro atoms. The molecule has 1 atom stereocenters. The number of rotatable bonds is 2.